The van der Waals surface area contributed by atoms with E-state index in [0.29, 0.717) is 12.0 Å². The molecule has 0 bridgehead atoms. The van der Waals surface area contributed by atoms with Gasteiger partial charge in [0.2, 0.25) is 0 Å². The maximum Gasteiger partial charge on any atom is 0.123 e. The summed E-state index contributed by atoms with van der Waals surface area (Å²) in [6, 6.07) is 3.96. The second-order valence-corrected chi connectivity index (χ2v) is 4.45. The Hall–Kier alpha value is -0.890. The molecule has 2 aliphatic rings. The third kappa shape index (κ3) is 1.04. The lowest BCUT2D eigenvalue weighted by Gasteiger charge is -2.29. The number of halogens is 1. The van der Waals surface area contributed by atoms with Gasteiger partial charge < -0.3 is 5.32 Å². The molecule has 1 heterocycles. The van der Waals surface area contributed by atoms with E-state index in [0.717, 1.165) is 13.0 Å². The summed E-state index contributed by atoms with van der Waals surface area (Å²) in [7, 11) is 0. The lowest BCUT2D eigenvalue weighted by Crippen LogP contribution is -2.35. The molecular formula is C12H14FN. The van der Waals surface area contributed by atoms with Crippen LogP contribution in [0.4, 0.5) is 4.39 Å². The molecule has 0 saturated carbocycles. The van der Waals surface area contributed by atoms with Gasteiger partial charge in [0.15, 0.2) is 0 Å². The van der Waals surface area contributed by atoms with Gasteiger partial charge in [-0.3, -0.25) is 0 Å². The highest BCUT2D eigenvalue weighted by Crippen LogP contribution is 2.40. The van der Waals surface area contributed by atoms with Gasteiger partial charge in [-0.15, -0.1) is 0 Å². The van der Waals surface area contributed by atoms with Gasteiger partial charge in [-0.1, -0.05) is 0 Å². The molecule has 0 amide bonds. The van der Waals surface area contributed by atoms with E-state index < -0.39 is 0 Å². The zero-order valence-electron chi connectivity index (χ0n) is 8.31. The molecule has 0 spiro atoms. The molecule has 1 aliphatic heterocycles. The van der Waals surface area contributed by atoms with Gasteiger partial charge in [-0.05, 0) is 54.5 Å². The molecule has 2 atom stereocenters. The van der Waals surface area contributed by atoms with Crippen LogP contribution in [-0.2, 0) is 13.0 Å². The molecule has 0 radical (unpaired) electrons. The van der Waals surface area contributed by atoms with Crippen LogP contribution < -0.4 is 5.32 Å². The van der Waals surface area contributed by atoms with Crippen molar-refractivity contribution in [1.29, 1.82) is 0 Å². The topological polar surface area (TPSA) is 12.0 Å². The fraction of sp³-hybridized carbons (Fsp3) is 0.500. The number of hydrogen-bond acceptors (Lipinski definition) is 1. The fourth-order valence-corrected chi connectivity index (χ4v) is 2.93. The summed E-state index contributed by atoms with van der Waals surface area (Å²) in [5.74, 6) is 0.546. The first-order chi connectivity index (χ1) is 6.75. The Morgan fingerprint density at radius 1 is 1.36 bits per heavy atom. The highest BCUT2D eigenvalue weighted by Gasteiger charge is 2.32. The van der Waals surface area contributed by atoms with Crippen molar-refractivity contribution < 1.29 is 4.39 Å². The van der Waals surface area contributed by atoms with Crippen LogP contribution in [0, 0.1) is 5.82 Å². The van der Waals surface area contributed by atoms with Crippen LogP contribution in [0.15, 0.2) is 12.1 Å². The van der Waals surface area contributed by atoms with E-state index in [9.17, 15) is 4.39 Å². The van der Waals surface area contributed by atoms with Crippen LogP contribution in [-0.4, -0.2) is 6.04 Å². The SMILES string of the molecule is CC1NCc2cc(F)cc3c2C1CC3. The quantitative estimate of drug-likeness (QED) is 0.663. The average molecular weight is 191 g/mol. The van der Waals surface area contributed by atoms with Crippen LogP contribution in [0.5, 0.6) is 0 Å². The van der Waals surface area contributed by atoms with Gasteiger partial charge in [-0.25, -0.2) is 4.39 Å². The van der Waals surface area contributed by atoms with E-state index in [4.69, 9.17) is 0 Å². The molecule has 74 valence electrons. The first kappa shape index (κ1) is 8.42. The minimum absolute atomic E-state index is 0.0734. The van der Waals surface area contributed by atoms with Crippen LogP contribution in [0.3, 0.4) is 0 Å². The summed E-state index contributed by atoms with van der Waals surface area (Å²) in [5.41, 5.74) is 3.87. The Morgan fingerprint density at radius 2 is 2.14 bits per heavy atom. The number of aryl methyl sites for hydroxylation is 1. The summed E-state index contributed by atoms with van der Waals surface area (Å²) < 4.78 is 13.2. The van der Waals surface area contributed by atoms with E-state index in [1.54, 1.807) is 12.1 Å². The molecule has 0 aromatic heterocycles. The van der Waals surface area contributed by atoms with Crippen molar-refractivity contribution in [2.75, 3.05) is 0 Å². The van der Waals surface area contributed by atoms with Gasteiger partial charge in [-0.2, -0.15) is 0 Å². The largest absolute Gasteiger partial charge is 0.310 e. The summed E-state index contributed by atoms with van der Waals surface area (Å²) in [4.78, 5) is 0. The van der Waals surface area contributed by atoms with Crippen molar-refractivity contribution in [2.24, 2.45) is 0 Å². The minimum Gasteiger partial charge on any atom is -0.310 e. The number of nitrogens with one attached hydrogen (secondary N) is 1. The van der Waals surface area contributed by atoms with E-state index in [2.05, 4.69) is 12.2 Å². The Balaban J connectivity index is 2.20. The Kier molecular flexibility index (Phi) is 1.68. The molecular weight excluding hydrogens is 177 g/mol. The molecule has 0 saturated heterocycles. The monoisotopic (exact) mass is 191 g/mol. The van der Waals surface area contributed by atoms with Crippen LogP contribution in [0.1, 0.15) is 36.0 Å². The van der Waals surface area contributed by atoms with Crippen molar-refractivity contribution in [3.8, 4) is 0 Å². The summed E-state index contributed by atoms with van der Waals surface area (Å²) in [6.45, 7) is 3.06. The van der Waals surface area contributed by atoms with Crippen molar-refractivity contribution in [1.82, 2.24) is 5.32 Å². The minimum atomic E-state index is -0.0734. The molecule has 1 aromatic carbocycles. The van der Waals surface area contributed by atoms with Crippen molar-refractivity contribution in [2.45, 2.75) is 38.3 Å². The molecule has 0 fully saturated rings. The highest BCUT2D eigenvalue weighted by atomic mass is 19.1. The molecule has 1 N–H and O–H groups in total. The van der Waals surface area contributed by atoms with E-state index >= 15 is 0 Å². The molecule has 3 rings (SSSR count). The smallest absolute Gasteiger partial charge is 0.123 e. The number of hydrogen-bond donors (Lipinski definition) is 1. The zero-order valence-corrected chi connectivity index (χ0v) is 8.31. The Morgan fingerprint density at radius 3 is 3.00 bits per heavy atom. The second kappa shape index (κ2) is 2.80. The predicted octanol–water partition coefficient (Wildman–Crippen LogP) is 2.35. The average Bonchev–Trinajstić information content (AvgIpc) is 2.56. The standard InChI is InChI=1S/C12H14FN/c1-7-11-3-2-8-4-10(13)5-9(6-14-7)12(8)11/h4-5,7,11,14H,2-3,6H2,1H3. The van der Waals surface area contributed by atoms with E-state index in [1.807, 2.05) is 0 Å². The summed E-state index contributed by atoms with van der Waals surface area (Å²) in [5, 5.41) is 3.43. The number of rotatable bonds is 0. The molecule has 2 heteroatoms. The summed E-state index contributed by atoms with van der Waals surface area (Å²) in [6.07, 6.45) is 2.23. The van der Waals surface area contributed by atoms with E-state index in [-0.39, 0.29) is 5.82 Å². The van der Waals surface area contributed by atoms with Gasteiger partial charge >= 0.3 is 0 Å². The first-order valence-corrected chi connectivity index (χ1v) is 5.30. The van der Waals surface area contributed by atoms with Crippen LogP contribution >= 0.6 is 0 Å². The zero-order chi connectivity index (χ0) is 9.71. The normalized spacial score (nSPS) is 29.0. The van der Waals surface area contributed by atoms with Gasteiger partial charge in [0.05, 0.1) is 0 Å². The van der Waals surface area contributed by atoms with Crippen molar-refractivity contribution in [3.63, 3.8) is 0 Å². The second-order valence-electron chi connectivity index (χ2n) is 4.45. The molecule has 2 unspecified atom stereocenters. The molecule has 14 heavy (non-hydrogen) atoms. The molecule has 1 aromatic rings. The van der Waals surface area contributed by atoms with Gasteiger partial charge in [0, 0.05) is 12.6 Å². The van der Waals surface area contributed by atoms with Crippen LogP contribution in [0.2, 0.25) is 0 Å². The van der Waals surface area contributed by atoms with Crippen molar-refractivity contribution in [3.05, 3.63) is 34.6 Å². The highest BCUT2D eigenvalue weighted by molar-refractivity contribution is 5.44. The van der Waals surface area contributed by atoms with E-state index in [1.165, 1.54) is 23.1 Å². The molecule has 1 aliphatic carbocycles. The Labute approximate surface area is 83.3 Å². The predicted molar refractivity (Wildman–Crippen MR) is 53.8 cm³/mol. The third-order valence-corrected chi connectivity index (χ3v) is 3.63. The Bertz CT molecular complexity index is 386. The number of benzene rings is 1. The van der Waals surface area contributed by atoms with Gasteiger partial charge in [0.1, 0.15) is 5.82 Å². The fourth-order valence-electron chi connectivity index (χ4n) is 2.93. The first-order valence-electron chi connectivity index (χ1n) is 5.30. The van der Waals surface area contributed by atoms with Crippen LogP contribution in [0.25, 0.3) is 0 Å². The maximum atomic E-state index is 13.2. The molecule has 1 nitrogen and oxygen atoms in total. The van der Waals surface area contributed by atoms with Crippen molar-refractivity contribution >= 4 is 0 Å². The lowest BCUT2D eigenvalue weighted by molar-refractivity contribution is 0.428. The summed E-state index contributed by atoms with van der Waals surface area (Å²) >= 11 is 0. The maximum absolute atomic E-state index is 13.2. The lowest BCUT2D eigenvalue weighted by atomic mass is 9.87. The third-order valence-electron chi connectivity index (χ3n) is 3.63. The van der Waals surface area contributed by atoms with Gasteiger partial charge in [0.25, 0.3) is 0 Å².